The molecular weight excluding hydrogens is 160 g/mol. The topological polar surface area (TPSA) is 6.48 Å². The van der Waals surface area contributed by atoms with Crippen molar-refractivity contribution in [3.8, 4) is 0 Å². The van der Waals surface area contributed by atoms with Crippen molar-refractivity contribution >= 4 is 0 Å². The van der Waals surface area contributed by atoms with Gasteiger partial charge in [0.25, 0.3) is 0 Å². The SMILES string of the molecule is C1CN(C2CCN3CCCC3C2)C1. The van der Waals surface area contributed by atoms with E-state index in [1.165, 1.54) is 58.3 Å². The second-order valence-corrected chi connectivity index (χ2v) is 4.90. The molecule has 2 atom stereocenters. The highest BCUT2D eigenvalue weighted by atomic mass is 15.2. The van der Waals surface area contributed by atoms with E-state index in [4.69, 9.17) is 0 Å². The lowest BCUT2D eigenvalue weighted by Crippen LogP contribution is -2.52. The molecule has 0 aromatic heterocycles. The molecule has 0 bridgehead atoms. The third-order valence-electron chi connectivity index (χ3n) is 4.20. The summed E-state index contributed by atoms with van der Waals surface area (Å²) in [5.41, 5.74) is 0. The van der Waals surface area contributed by atoms with E-state index < -0.39 is 0 Å². The third kappa shape index (κ3) is 1.40. The van der Waals surface area contributed by atoms with Crippen LogP contribution in [0.4, 0.5) is 0 Å². The normalized spacial score (nSPS) is 41.5. The first-order chi connectivity index (χ1) is 6.43. The molecule has 0 aliphatic carbocycles. The fourth-order valence-electron chi connectivity index (χ4n) is 3.24. The van der Waals surface area contributed by atoms with Gasteiger partial charge in [0.15, 0.2) is 0 Å². The predicted molar refractivity (Wildman–Crippen MR) is 53.8 cm³/mol. The first-order valence-electron chi connectivity index (χ1n) is 5.91. The summed E-state index contributed by atoms with van der Waals surface area (Å²) in [5, 5.41) is 0. The maximum Gasteiger partial charge on any atom is 0.0122 e. The number of likely N-dealkylation sites (tertiary alicyclic amines) is 1. The number of fused-ring (bicyclic) bond motifs is 1. The molecule has 0 spiro atoms. The van der Waals surface area contributed by atoms with Gasteiger partial charge in [-0.3, -0.25) is 0 Å². The minimum atomic E-state index is 0.952. The van der Waals surface area contributed by atoms with Gasteiger partial charge >= 0.3 is 0 Å². The molecule has 74 valence electrons. The van der Waals surface area contributed by atoms with Gasteiger partial charge in [0, 0.05) is 12.1 Å². The zero-order valence-corrected chi connectivity index (χ0v) is 8.41. The average Bonchev–Trinajstić information content (AvgIpc) is 2.47. The van der Waals surface area contributed by atoms with E-state index in [0.717, 1.165) is 12.1 Å². The van der Waals surface area contributed by atoms with Crippen LogP contribution in [0.1, 0.15) is 32.1 Å². The Morgan fingerprint density at radius 3 is 2.15 bits per heavy atom. The highest BCUT2D eigenvalue weighted by molar-refractivity contribution is 4.91. The van der Waals surface area contributed by atoms with Gasteiger partial charge in [-0.05, 0) is 58.3 Å². The van der Waals surface area contributed by atoms with E-state index >= 15 is 0 Å². The lowest BCUT2D eigenvalue weighted by atomic mass is 9.94. The lowest BCUT2D eigenvalue weighted by molar-refractivity contribution is 0.0486. The van der Waals surface area contributed by atoms with Crippen LogP contribution in [0.25, 0.3) is 0 Å². The Labute approximate surface area is 80.9 Å². The molecule has 3 heterocycles. The Balaban J connectivity index is 1.60. The monoisotopic (exact) mass is 180 g/mol. The summed E-state index contributed by atoms with van der Waals surface area (Å²) in [6.45, 7) is 5.54. The summed E-state index contributed by atoms with van der Waals surface area (Å²) < 4.78 is 0. The van der Waals surface area contributed by atoms with Gasteiger partial charge in [-0.1, -0.05) is 0 Å². The summed E-state index contributed by atoms with van der Waals surface area (Å²) in [4.78, 5) is 5.42. The maximum absolute atomic E-state index is 2.72. The van der Waals surface area contributed by atoms with Crippen molar-refractivity contribution in [3.63, 3.8) is 0 Å². The van der Waals surface area contributed by atoms with Crippen molar-refractivity contribution in [1.82, 2.24) is 9.80 Å². The average molecular weight is 180 g/mol. The van der Waals surface area contributed by atoms with Gasteiger partial charge < -0.3 is 9.80 Å². The van der Waals surface area contributed by atoms with Gasteiger partial charge in [-0.25, -0.2) is 0 Å². The highest BCUT2D eigenvalue weighted by Crippen LogP contribution is 2.30. The van der Waals surface area contributed by atoms with Crippen LogP contribution < -0.4 is 0 Å². The van der Waals surface area contributed by atoms with E-state index in [1.54, 1.807) is 0 Å². The molecule has 0 aromatic rings. The zero-order chi connectivity index (χ0) is 8.67. The number of hydrogen-bond donors (Lipinski definition) is 0. The summed E-state index contributed by atoms with van der Waals surface area (Å²) in [5.74, 6) is 0. The van der Waals surface area contributed by atoms with E-state index in [0.29, 0.717) is 0 Å². The molecular formula is C11H20N2. The molecule has 3 rings (SSSR count). The van der Waals surface area contributed by atoms with E-state index in [1.807, 2.05) is 0 Å². The molecule has 3 fully saturated rings. The number of nitrogens with zero attached hydrogens (tertiary/aromatic N) is 2. The smallest absolute Gasteiger partial charge is 0.0122 e. The Morgan fingerprint density at radius 2 is 1.38 bits per heavy atom. The fourth-order valence-corrected chi connectivity index (χ4v) is 3.24. The second-order valence-electron chi connectivity index (χ2n) is 4.90. The van der Waals surface area contributed by atoms with Gasteiger partial charge in [0.2, 0.25) is 0 Å². The van der Waals surface area contributed by atoms with Crippen molar-refractivity contribution < 1.29 is 0 Å². The van der Waals surface area contributed by atoms with Crippen LogP contribution in [-0.2, 0) is 0 Å². The van der Waals surface area contributed by atoms with Crippen LogP contribution in [0.2, 0.25) is 0 Å². The summed E-state index contributed by atoms with van der Waals surface area (Å²) >= 11 is 0. The summed E-state index contributed by atoms with van der Waals surface area (Å²) in [7, 11) is 0. The fraction of sp³-hybridized carbons (Fsp3) is 1.00. The van der Waals surface area contributed by atoms with Gasteiger partial charge in [-0.15, -0.1) is 0 Å². The van der Waals surface area contributed by atoms with Crippen LogP contribution in [0, 0.1) is 0 Å². The number of hydrogen-bond acceptors (Lipinski definition) is 2. The van der Waals surface area contributed by atoms with Crippen LogP contribution in [0.15, 0.2) is 0 Å². The second kappa shape index (κ2) is 3.25. The standard InChI is InChI=1S/C11H20N2/c1-3-10-9-11(12-6-2-7-12)4-8-13(10)5-1/h10-11H,1-9H2. The molecule has 0 saturated carbocycles. The molecule has 0 aromatic carbocycles. The zero-order valence-electron chi connectivity index (χ0n) is 8.41. The van der Waals surface area contributed by atoms with E-state index in [-0.39, 0.29) is 0 Å². The van der Waals surface area contributed by atoms with Crippen molar-refractivity contribution in [1.29, 1.82) is 0 Å². The largest absolute Gasteiger partial charge is 0.300 e. The van der Waals surface area contributed by atoms with E-state index in [9.17, 15) is 0 Å². The molecule has 2 unspecified atom stereocenters. The van der Waals surface area contributed by atoms with Crippen molar-refractivity contribution in [2.24, 2.45) is 0 Å². The molecule has 13 heavy (non-hydrogen) atoms. The minimum Gasteiger partial charge on any atom is -0.300 e. The number of rotatable bonds is 1. The van der Waals surface area contributed by atoms with E-state index in [2.05, 4.69) is 9.80 Å². The molecule has 3 saturated heterocycles. The molecule has 0 radical (unpaired) electrons. The maximum atomic E-state index is 2.72. The van der Waals surface area contributed by atoms with Crippen molar-refractivity contribution in [2.75, 3.05) is 26.2 Å². The molecule has 2 nitrogen and oxygen atoms in total. The predicted octanol–water partition coefficient (Wildman–Crippen LogP) is 1.32. The Morgan fingerprint density at radius 1 is 0.692 bits per heavy atom. The Bertz CT molecular complexity index is 189. The molecule has 3 aliphatic heterocycles. The minimum absolute atomic E-state index is 0.952. The first-order valence-corrected chi connectivity index (χ1v) is 5.91. The van der Waals surface area contributed by atoms with Crippen molar-refractivity contribution in [3.05, 3.63) is 0 Å². The third-order valence-corrected chi connectivity index (χ3v) is 4.20. The van der Waals surface area contributed by atoms with Crippen molar-refractivity contribution in [2.45, 2.75) is 44.2 Å². The first kappa shape index (κ1) is 8.25. The Kier molecular flexibility index (Phi) is 2.06. The van der Waals surface area contributed by atoms with Crippen LogP contribution >= 0.6 is 0 Å². The summed E-state index contributed by atoms with van der Waals surface area (Å²) in [6.07, 6.45) is 7.29. The van der Waals surface area contributed by atoms with Crippen LogP contribution in [0.5, 0.6) is 0 Å². The van der Waals surface area contributed by atoms with Gasteiger partial charge in [-0.2, -0.15) is 0 Å². The number of piperidine rings is 1. The quantitative estimate of drug-likeness (QED) is 0.600. The molecule has 2 heteroatoms. The van der Waals surface area contributed by atoms with Gasteiger partial charge in [0.1, 0.15) is 0 Å². The molecule has 0 amide bonds. The summed E-state index contributed by atoms with van der Waals surface area (Å²) in [6, 6.07) is 1.91. The molecule has 3 aliphatic rings. The molecule has 0 N–H and O–H groups in total. The highest BCUT2D eigenvalue weighted by Gasteiger charge is 2.35. The van der Waals surface area contributed by atoms with Crippen LogP contribution in [0.3, 0.4) is 0 Å². The van der Waals surface area contributed by atoms with Crippen LogP contribution in [-0.4, -0.2) is 48.1 Å². The van der Waals surface area contributed by atoms with Gasteiger partial charge in [0.05, 0.1) is 0 Å². The lowest BCUT2D eigenvalue weighted by Gasteiger charge is -2.44. The Hall–Kier alpha value is -0.0800.